The second-order valence-electron chi connectivity index (χ2n) is 19.2. The molecular formula is C66H51N. The van der Waals surface area contributed by atoms with Crippen molar-refractivity contribution in [2.75, 3.05) is 4.90 Å². The van der Waals surface area contributed by atoms with E-state index in [0.29, 0.717) is 5.41 Å². The summed E-state index contributed by atoms with van der Waals surface area (Å²) in [6.45, 7) is 0. The van der Waals surface area contributed by atoms with E-state index >= 15 is 0 Å². The summed E-state index contributed by atoms with van der Waals surface area (Å²) in [4.78, 5) is 2.50. The minimum atomic E-state index is -0.472. The molecule has 0 amide bonds. The number of nitrogens with zero attached hydrogens (tertiary/aromatic N) is 1. The maximum Gasteiger partial charge on any atom is 0.0713 e. The van der Waals surface area contributed by atoms with E-state index in [1.807, 2.05) is 0 Å². The molecule has 0 saturated heterocycles. The highest BCUT2D eigenvalue weighted by Gasteiger charge is 2.47. The summed E-state index contributed by atoms with van der Waals surface area (Å²) in [6, 6.07) is 90.7. The van der Waals surface area contributed by atoms with Gasteiger partial charge in [-0.25, -0.2) is 0 Å². The van der Waals surface area contributed by atoms with E-state index in [0.717, 1.165) is 23.0 Å². The van der Waals surface area contributed by atoms with Gasteiger partial charge in [-0.2, -0.15) is 0 Å². The molecule has 3 aliphatic carbocycles. The van der Waals surface area contributed by atoms with Gasteiger partial charge in [-0.1, -0.05) is 212 Å². The molecule has 0 aliphatic heterocycles. The van der Waals surface area contributed by atoms with Gasteiger partial charge in [0, 0.05) is 16.9 Å². The van der Waals surface area contributed by atoms with E-state index in [1.165, 1.54) is 110 Å². The first-order valence-electron chi connectivity index (χ1n) is 24.2. The molecule has 1 nitrogen and oxygen atoms in total. The fourth-order valence-electron chi connectivity index (χ4n) is 12.7. The zero-order valence-electron chi connectivity index (χ0n) is 37.7. The molecule has 0 unspecified atom stereocenters. The van der Waals surface area contributed by atoms with Gasteiger partial charge in [0.25, 0.3) is 0 Å². The van der Waals surface area contributed by atoms with E-state index in [-0.39, 0.29) is 0 Å². The normalized spacial score (nSPS) is 17.6. The summed E-state index contributed by atoms with van der Waals surface area (Å²) in [5.41, 5.74) is 19.9. The van der Waals surface area contributed by atoms with Crippen molar-refractivity contribution >= 4 is 27.8 Å². The number of fused-ring (bicyclic) bond motifs is 6. The molecule has 67 heavy (non-hydrogen) atoms. The highest BCUT2D eigenvalue weighted by molar-refractivity contribution is 6.09. The van der Waals surface area contributed by atoms with Crippen molar-refractivity contribution < 1.29 is 0 Å². The quantitative estimate of drug-likeness (QED) is 0.140. The summed E-state index contributed by atoms with van der Waals surface area (Å²) < 4.78 is 0. The van der Waals surface area contributed by atoms with Gasteiger partial charge in [0.1, 0.15) is 0 Å². The first-order valence-corrected chi connectivity index (χ1v) is 24.2. The zero-order chi connectivity index (χ0) is 44.4. The van der Waals surface area contributed by atoms with Gasteiger partial charge in [0.15, 0.2) is 0 Å². The monoisotopic (exact) mass is 857 g/mol. The molecule has 0 atom stereocenters. The molecule has 3 aliphatic rings. The summed E-state index contributed by atoms with van der Waals surface area (Å²) in [5, 5.41) is 2.48. The van der Waals surface area contributed by atoms with Crippen LogP contribution in [-0.2, 0) is 10.8 Å². The van der Waals surface area contributed by atoms with Crippen LogP contribution in [0, 0.1) is 5.92 Å². The van der Waals surface area contributed by atoms with Crippen LogP contribution < -0.4 is 4.90 Å². The number of hydrogen-bond acceptors (Lipinski definition) is 1. The first kappa shape index (κ1) is 39.6. The van der Waals surface area contributed by atoms with Crippen LogP contribution in [0.3, 0.4) is 0 Å². The Balaban J connectivity index is 1.00. The SMILES string of the molecule is c1ccc(-c2cccc3cccc(-c4ccccc4N(c4ccc(-c5ccc(C67CCC(CC6)C7)cc5)cc4)c4ccc5c(c4)-c4ccccc4C5(c4ccccc4)c4ccccc4)c23)cc1. The molecule has 2 saturated carbocycles. The molecule has 1 heteroatoms. The van der Waals surface area contributed by atoms with Crippen LogP contribution in [-0.4, -0.2) is 0 Å². The molecule has 0 spiro atoms. The van der Waals surface area contributed by atoms with Gasteiger partial charge in [-0.05, 0) is 151 Å². The maximum absolute atomic E-state index is 2.50. The lowest BCUT2D eigenvalue weighted by molar-refractivity contribution is 0.419. The Hall–Kier alpha value is -7.74. The minimum Gasteiger partial charge on any atom is -0.310 e. The Morgan fingerprint density at radius 2 is 0.896 bits per heavy atom. The summed E-state index contributed by atoms with van der Waals surface area (Å²) in [5.74, 6) is 0.933. The van der Waals surface area contributed by atoms with E-state index in [1.54, 1.807) is 5.56 Å². The molecule has 0 N–H and O–H groups in total. The second-order valence-corrected chi connectivity index (χ2v) is 19.2. The van der Waals surface area contributed by atoms with Gasteiger partial charge >= 0.3 is 0 Å². The highest BCUT2D eigenvalue weighted by atomic mass is 15.1. The maximum atomic E-state index is 2.50. The van der Waals surface area contributed by atoms with Gasteiger partial charge in [-0.15, -0.1) is 0 Å². The molecule has 2 bridgehead atoms. The number of hydrogen-bond donors (Lipinski definition) is 0. The van der Waals surface area contributed by atoms with Crippen molar-refractivity contribution in [1.82, 2.24) is 0 Å². The lowest BCUT2D eigenvalue weighted by atomic mass is 9.68. The Morgan fingerprint density at radius 1 is 0.358 bits per heavy atom. The van der Waals surface area contributed by atoms with Crippen molar-refractivity contribution in [1.29, 1.82) is 0 Å². The van der Waals surface area contributed by atoms with Gasteiger partial charge in [0.2, 0.25) is 0 Å². The third-order valence-corrected chi connectivity index (χ3v) is 15.8. The largest absolute Gasteiger partial charge is 0.310 e. The van der Waals surface area contributed by atoms with E-state index in [2.05, 4.69) is 248 Å². The Labute approximate surface area is 394 Å². The Kier molecular flexibility index (Phi) is 9.46. The third kappa shape index (κ3) is 6.36. The van der Waals surface area contributed by atoms with Crippen LogP contribution in [0.25, 0.3) is 55.3 Å². The summed E-state index contributed by atoms with van der Waals surface area (Å²) in [6.07, 6.45) is 6.87. The Morgan fingerprint density at radius 3 is 1.55 bits per heavy atom. The first-order chi connectivity index (χ1) is 33.2. The zero-order valence-corrected chi connectivity index (χ0v) is 37.7. The number of para-hydroxylation sites is 1. The fraction of sp³-hybridized carbons (Fsp3) is 0.121. The fourth-order valence-corrected chi connectivity index (χ4v) is 12.7. The molecule has 0 aromatic heterocycles. The van der Waals surface area contributed by atoms with Crippen molar-refractivity contribution in [2.24, 2.45) is 5.92 Å². The second kappa shape index (κ2) is 16.0. The van der Waals surface area contributed by atoms with Crippen LogP contribution in [0.5, 0.6) is 0 Å². The average molecular weight is 858 g/mol. The summed E-state index contributed by atoms with van der Waals surface area (Å²) >= 11 is 0. The third-order valence-electron chi connectivity index (χ3n) is 15.8. The van der Waals surface area contributed by atoms with Crippen LogP contribution in [0.15, 0.2) is 243 Å². The highest BCUT2D eigenvalue weighted by Crippen LogP contribution is 2.58. The van der Waals surface area contributed by atoms with Crippen LogP contribution in [0.4, 0.5) is 17.1 Å². The van der Waals surface area contributed by atoms with Crippen molar-refractivity contribution in [3.63, 3.8) is 0 Å². The van der Waals surface area contributed by atoms with Gasteiger partial charge in [-0.3, -0.25) is 0 Å². The predicted molar refractivity (Wildman–Crippen MR) is 280 cm³/mol. The van der Waals surface area contributed by atoms with E-state index in [4.69, 9.17) is 0 Å². The molecule has 2 fully saturated rings. The number of rotatable bonds is 9. The van der Waals surface area contributed by atoms with Crippen molar-refractivity contribution in [3.05, 3.63) is 270 Å². The molecule has 10 aromatic rings. The average Bonchev–Trinajstić information content (AvgIpc) is 4.12. The molecular weight excluding hydrogens is 807 g/mol. The predicted octanol–water partition coefficient (Wildman–Crippen LogP) is 17.5. The van der Waals surface area contributed by atoms with Crippen molar-refractivity contribution in [2.45, 2.75) is 42.9 Å². The van der Waals surface area contributed by atoms with Crippen LogP contribution in [0.1, 0.15) is 59.9 Å². The minimum absolute atomic E-state index is 0.408. The topological polar surface area (TPSA) is 3.24 Å². The standard InChI is InChI=1S/C66H51N/c1-4-16-49(17-5-1)56-26-14-18-50-19-15-27-59(64(50)56)58-25-11-13-29-63(58)67(54-36-32-48(33-37-54)47-30-34-51(35-31-47)65-42-40-46(45-65)41-43-65)55-38-39-62-60(44-55)57-24-10-12-28-61(57)66(62,52-20-6-2-7-21-52)53-22-8-3-9-23-53/h1-39,44,46H,40-43,45H2. The lowest BCUT2D eigenvalue weighted by Crippen LogP contribution is -2.28. The van der Waals surface area contributed by atoms with E-state index < -0.39 is 5.41 Å². The van der Waals surface area contributed by atoms with E-state index in [9.17, 15) is 0 Å². The van der Waals surface area contributed by atoms with Gasteiger partial charge in [0.05, 0.1) is 11.1 Å². The molecule has 320 valence electrons. The van der Waals surface area contributed by atoms with Crippen LogP contribution >= 0.6 is 0 Å². The Bertz CT molecular complexity index is 3370. The van der Waals surface area contributed by atoms with Crippen molar-refractivity contribution in [3.8, 4) is 44.5 Å². The number of benzene rings is 10. The molecule has 13 rings (SSSR count). The summed E-state index contributed by atoms with van der Waals surface area (Å²) in [7, 11) is 0. The molecule has 10 aromatic carbocycles. The molecule has 0 heterocycles. The van der Waals surface area contributed by atoms with Crippen LogP contribution in [0.2, 0.25) is 0 Å². The smallest absolute Gasteiger partial charge is 0.0713 e. The van der Waals surface area contributed by atoms with Gasteiger partial charge < -0.3 is 4.90 Å². The number of anilines is 3. The lowest BCUT2D eigenvalue weighted by Gasteiger charge is -2.34. The molecule has 0 radical (unpaired) electrons.